The maximum Gasteiger partial charge on any atom is 0.297 e. The van der Waals surface area contributed by atoms with Crippen LogP contribution < -0.4 is 0 Å². The van der Waals surface area contributed by atoms with E-state index in [9.17, 15) is 13.5 Å². The highest BCUT2D eigenvalue weighted by atomic mass is 32.2. The van der Waals surface area contributed by atoms with Crippen molar-refractivity contribution in [2.45, 2.75) is 17.4 Å². The van der Waals surface area contributed by atoms with Crippen LogP contribution in [0.3, 0.4) is 0 Å². The van der Waals surface area contributed by atoms with Crippen LogP contribution in [0.2, 0.25) is 0 Å². The fourth-order valence-corrected chi connectivity index (χ4v) is 2.36. The first-order valence-corrected chi connectivity index (χ1v) is 6.58. The topological polar surface area (TPSA) is 72.8 Å². The third-order valence-electron chi connectivity index (χ3n) is 2.53. The molecule has 1 aromatic rings. The Morgan fingerprint density at radius 2 is 1.94 bits per heavy atom. The van der Waals surface area contributed by atoms with Crippen molar-refractivity contribution in [3.8, 4) is 0 Å². The fourth-order valence-electron chi connectivity index (χ4n) is 1.38. The molecule has 0 spiro atoms. The Morgan fingerprint density at radius 1 is 1.35 bits per heavy atom. The highest BCUT2D eigenvalue weighted by Gasteiger charge is 2.38. The molecular formula is C11H14O5S. The van der Waals surface area contributed by atoms with Gasteiger partial charge in [-0.05, 0) is 19.1 Å². The Morgan fingerprint density at radius 3 is 2.41 bits per heavy atom. The normalized spacial score (nSPS) is 18.7. The van der Waals surface area contributed by atoms with Crippen LogP contribution in [0.1, 0.15) is 5.56 Å². The number of hydrogen-bond acceptors (Lipinski definition) is 5. The first kappa shape index (κ1) is 12.5. The Labute approximate surface area is 100 Å². The Kier molecular flexibility index (Phi) is 3.22. The molecule has 0 amide bonds. The molecule has 6 heteroatoms. The van der Waals surface area contributed by atoms with Crippen molar-refractivity contribution in [1.29, 1.82) is 0 Å². The van der Waals surface area contributed by atoms with E-state index >= 15 is 0 Å². The lowest BCUT2D eigenvalue weighted by Crippen LogP contribution is -2.53. The van der Waals surface area contributed by atoms with Crippen LogP contribution >= 0.6 is 0 Å². The smallest absolute Gasteiger partial charge is 0.297 e. The van der Waals surface area contributed by atoms with Gasteiger partial charge in [-0.2, -0.15) is 8.42 Å². The number of aliphatic hydroxyl groups is 1. The van der Waals surface area contributed by atoms with E-state index in [0.29, 0.717) is 0 Å². The molecule has 94 valence electrons. The summed E-state index contributed by atoms with van der Waals surface area (Å²) < 4.78 is 33.1. The number of hydrogen-bond donors (Lipinski definition) is 1. The van der Waals surface area contributed by atoms with Crippen LogP contribution in [0.15, 0.2) is 29.2 Å². The zero-order valence-corrected chi connectivity index (χ0v) is 10.2. The molecule has 1 heterocycles. The number of benzene rings is 1. The van der Waals surface area contributed by atoms with E-state index in [1.807, 2.05) is 6.92 Å². The minimum atomic E-state index is -3.80. The van der Waals surface area contributed by atoms with Gasteiger partial charge >= 0.3 is 0 Å². The van der Waals surface area contributed by atoms with Crippen LogP contribution in [0, 0.1) is 6.92 Å². The second-order valence-electron chi connectivity index (χ2n) is 4.25. The van der Waals surface area contributed by atoms with Crippen molar-refractivity contribution in [2.24, 2.45) is 0 Å². The average Bonchev–Trinajstić information content (AvgIpc) is 2.24. The monoisotopic (exact) mass is 258 g/mol. The van der Waals surface area contributed by atoms with Crippen LogP contribution in [-0.2, 0) is 19.0 Å². The van der Waals surface area contributed by atoms with E-state index in [0.717, 1.165) is 5.56 Å². The van der Waals surface area contributed by atoms with Gasteiger partial charge in [0.2, 0.25) is 0 Å². The van der Waals surface area contributed by atoms with Gasteiger partial charge in [0.1, 0.15) is 5.60 Å². The van der Waals surface area contributed by atoms with Gasteiger partial charge in [-0.25, -0.2) is 0 Å². The Balaban J connectivity index is 2.06. The van der Waals surface area contributed by atoms with Crippen molar-refractivity contribution in [3.05, 3.63) is 29.8 Å². The largest absolute Gasteiger partial charge is 0.383 e. The quantitative estimate of drug-likeness (QED) is 0.794. The van der Waals surface area contributed by atoms with Gasteiger partial charge in [-0.1, -0.05) is 17.7 Å². The number of ether oxygens (including phenoxy) is 1. The van der Waals surface area contributed by atoms with Crippen molar-refractivity contribution in [2.75, 3.05) is 19.8 Å². The van der Waals surface area contributed by atoms with Gasteiger partial charge < -0.3 is 9.84 Å². The van der Waals surface area contributed by atoms with E-state index in [4.69, 9.17) is 8.92 Å². The maximum absolute atomic E-state index is 11.8. The highest BCUT2D eigenvalue weighted by Crippen LogP contribution is 2.20. The van der Waals surface area contributed by atoms with Crippen molar-refractivity contribution in [1.82, 2.24) is 0 Å². The Hall–Kier alpha value is -0.950. The predicted molar refractivity (Wildman–Crippen MR) is 60.1 cm³/mol. The summed E-state index contributed by atoms with van der Waals surface area (Å²) in [6, 6.07) is 6.34. The average molecular weight is 258 g/mol. The van der Waals surface area contributed by atoms with Crippen LogP contribution in [0.5, 0.6) is 0 Å². The van der Waals surface area contributed by atoms with E-state index in [1.165, 1.54) is 12.1 Å². The molecule has 0 aromatic heterocycles. The van der Waals surface area contributed by atoms with Gasteiger partial charge in [0, 0.05) is 0 Å². The second-order valence-corrected chi connectivity index (χ2v) is 5.86. The third-order valence-corrected chi connectivity index (χ3v) is 3.81. The Bertz CT molecular complexity index is 487. The van der Waals surface area contributed by atoms with Gasteiger partial charge in [-0.15, -0.1) is 0 Å². The number of rotatable bonds is 4. The molecule has 2 rings (SSSR count). The molecule has 0 saturated carbocycles. The van der Waals surface area contributed by atoms with Gasteiger partial charge in [0.15, 0.2) is 0 Å². The molecular weight excluding hydrogens is 244 g/mol. The van der Waals surface area contributed by atoms with Crippen molar-refractivity contribution >= 4 is 10.1 Å². The molecule has 0 aliphatic carbocycles. The molecule has 1 aliphatic heterocycles. The van der Waals surface area contributed by atoms with Crippen LogP contribution in [0.25, 0.3) is 0 Å². The summed E-state index contributed by atoms with van der Waals surface area (Å²) in [6.07, 6.45) is 0. The van der Waals surface area contributed by atoms with E-state index in [2.05, 4.69) is 0 Å². The fraction of sp³-hybridized carbons (Fsp3) is 0.455. The molecule has 0 radical (unpaired) electrons. The van der Waals surface area contributed by atoms with Gasteiger partial charge in [0.25, 0.3) is 10.1 Å². The molecule has 0 atom stereocenters. The lowest BCUT2D eigenvalue weighted by Gasteiger charge is -2.35. The first-order valence-electron chi connectivity index (χ1n) is 5.18. The lowest BCUT2D eigenvalue weighted by molar-refractivity contribution is -0.191. The minimum absolute atomic E-state index is 0.0898. The van der Waals surface area contributed by atoms with Crippen molar-refractivity contribution in [3.63, 3.8) is 0 Å². The summed E-state index contributed by atoms with van der Waals surface area (Å²) in [5.74, 6) is 0. The SMILES string of the molecule is Cc1ccc(S(=O)(=O)OCC2(O)COC2)cc1. The molecule has 0 bridgehead atoms. The highest BCUT2D eigenvalue weighted by molar-refractivity contribution is 7.86. The summed E-state index contributed by atoms with van der Waals surface area (Å²) in [6.45, 7) is 1.81. The van der Waals surface area contributed by atoms with Gasteiger partial charge in [0.05, 0.1) is 24.7 Å². The standard InChI is InChI=1S/C11H14O5S/c1-9-2-4-10(5-3-9)17(13,14)16-8-11(12)6-15-7-11/h2-5,12H,6-8H2,1H3. The van der Waals surface area contributed by atoms with Crippen LogP contribution in [0.4, 0.5) is 0 Å². The number of aryl methyl sites for hydroxylation is 1. The second kappa shape index (κ2) is 4.38. The molecule has 0 unspecified atom stereocenters. The summed E-state index contributed by atoms with van der Waals surface area (Å²) in [5.41, 5.74) is -0.201. The predicted octanol–water partition coefficient (Wildman–Crippen LogP) is 0.462. The van der Waals surface area contributed by atoms with E-state index in [1.54, 1.807) is 12.1 Å². The summed E-state index contributed by atoms with van der Waals surface area (Å²) in [4.78, 5) is 0.0898. The summed E-state index contributed by atoms with van der Waals surface area (Å²) >= 11 is 0. The molecule has 1 saturated heterocycles. The van der Waals surface area contributed by atoms with Crippen LogP contribution in [-0.4, -0.2) is 38.9 Å². The zero-order valence-electron chi connectivity index (χ0n) is 9.42. The van der Waals surface area contributed by atoms with Crippen molar-refractivity contribution < 1.29 is 22.4 Å². The molecule has 5 nitrogen and oxygen atoms in total. The maximum atomic E-state index is 11.8. The molecule has 1 fully saturated rings. The lowest BCUT2D eigenvalue weighted by atomic mass is 10.1. The zero-order chi connectivity index (χ0) is 12.5. The third kappa shape index (κ3) is 2.84. The van der Waals surface area contributed by atoms with E-state index < -0.39 is 15.7 Å². The minimum Gasteiger partial charge on any atom is -0.383 e. The molecule has 17 heavy (non-hydrogen) atoms. The van der Waals surface area contributed by atoms with Gasteiger partial charge in [-0.3, -0.25) is 4.18 Å². The molecule has 1 aromatic carbocycles. The summed E-state index contributed by atoms with van der Waals surface area (Å²) in [7, 11) is -3.80. The first-order chi connectivity index (χ1) is 7.91. The molecule has 1 aliphatic rings. The van der Waals surface area contributed by atoms with E-state index in [-0.39, 0.29) is 24.7 Å². The summed E-state index contributed by atoms with van der Waals surface area (Å²) in [5, 5.41) is 9.65. The molecule has 1 N–H and O–H groups in total.